The van der Waals surface area contributed by atoms with Gasteiger partial charge < -0.3 is 15.6 Å². The Labute approximate surface area is 131 Å². The fraction of sp³-hybridized carbons (Fsp3) is 0.133. The average Bonchev–Trinajstić information content (AvgIpc) is 2.91. The van der Waals surface area contributed by atoms with Crippen LogP contribution in [-0.4, -0.2) is 20.9 Å². The highest BCUT2D eigenvalue weighted by Gasteiger charge is 2.12. The third-order valence-corrected chi connectivity index (χ3v) is 3.50. The number of hydrogen-bond donors (Lipinski definition) is 3. The van der Waals surface area contributed by atoms with Gasteiger partial charge in [-0.2, -0.15) is 0 Å². The van der Waals surface area contributed by atoms with E-state index < -0.39 is 0 Å². The Balaban J connectivity index is 1.99. The van der Waals surface area contributed by atoms with Gasteiger partial charge in [0.25, 0.3) is 0 Å². The predicted octanol–water partition coefficient (Wildman–Crippen LogP) is 3.70. The molecule has 3 rings (SSSR count). The molecule has 0 spiro atoms. The molecule has 3 N–H and O–H groups in total. The van der Waals surface area contributed by atoms with Crippen molar-refractivity contribution in [2.24, 2.45) is 0 Å². The van der Waals surface area contributed by atoms with E-state index in [0.29, 0.717) is 34.0 Å². The zero-order valence-electron chi connectivity index (χ0n) is 11.9. The molecule has 2 aromatic heterocycles. The van der Waals surface area contributed by atoms with Crippen LogP contribution >= 0.6 is 11.6 Å². The van der Waals surface area contributed by atoms with Crippen molar-refractivity contribution in [3.05, 3.63) is 41.8 Å². The Hall–Kier alpha value is -2.60. The number of anilines is 3. The van der Waals surface area contributed by atoms with Crippen molar-refractivity contribution in [1.82, 2.24) is 15.0 Å². The van der Waals surface area contributed by atoms with Crippen LogP contribution in [0.5, 0.6) is 0 Å². The van der Waals surface area contributed by atoms with Gasteiger partial charge in [-0.1, -0.05) is 30.7 Å². The van der Waals surface area contributed by atoms with Gasteiger partial charge in [-0.05, 0) is 12.1 Å². The van der Waals surface area contributed by atoms with Crippen molar-refractivity contribution in [2.75, 3.05) is 10.6 Å². The Bertz CT molecular complexity index is 830. The fourth-order valence-corrected chi connectivity index (χ4v) is 2.32. The minimum Gasteiger partial charge on any atom is -0.344 e. The third kappa shape index (κ3) is 2.73. The molecule has 0 unspecified atom stereocenters. The first-order valence-electron chi connectivity index (χ1n) is 6.82. The second kappa shape index (κ2) is 6.03. The van der Waals surface area contributed by atoms with E-state index in [1.807, 2.05) is 24.3 Å². The third-order valence-electron chi connectivity index (χ3n) is 3.20. The number of fused-ring (bicyclic) bond motifs is 1. The molecule has 0 fully saturated rings. The van der Waals surface area contributed by atoms with E-state index in [1.54, 1.807) is 13.1 Å². The van der Waals surface area contributed by atoms with Gasteiger partial charge in [0.2, 0.25) is 5.91 Å². The molecule has 6 nitrogen and oxygen atoms in total. The molecule has 0 aliphatic rings. The number of aromatic nitrogens is 3. The minimum absolute atomic E-state index is 0.0539. The molecule has 0 radical (unpaired) electrons. The van der Waals surface area contributed by atoms with E-state index in [4.69, 9.17) is 11.6 Å². The average molecular weight is 316 g/mol. The summed E-state index contributed by atoms with van der Waals surface area (Å²) in [4.78, 5) is 23.0. The number of H-pyrrole nitrogens is 1. The van der Waals surface area contributed by atoms with Gasteiger partial charge in [0, 0.05) is 12.6 Å². The van der Waals surface area contributed by atoms with E-state index >= 15 is 0 Å². The Kier molecular flexibility index (Phi) is 3.93. The highest BCUT2D eigenvalue weighted by molar-refractivity contribution is 6.36. The molecule has 3 aromatic rings. The summed E-state index contributed by atoms with van der Waals surface area (Å²) >= 11 is 6.17. The highest BCUT2D eigenvalue weighted by Crippen LogP contribution is 2.31. The number of halogens is 1. The summed E-state index contributed by atoms with van der Waals surface area (Å²) in [5.74, 6) is 0.524. The van der Waals surface area contributed by atoms with Crippen LogP contribution in [0.1, 0.15) is 13.3 Å². The molecule has 0 aliphatic heterocycles. The second-order valence-corrected chi connectivity index (χ2v) is 5.06. The summed E-state index contributed by atoms with van der Waals surface area (Å²) in [6.45, 7) is 1.80. The molecule has 2 heterocycles. The van der Waals surface area contributed by atoms with Gasteiger partial charge >= 0.3 is 0 Å². The molecular formula is C15H14ClN5O. The molecule has 0 saturated carbocycles. The van der Waals surface area contributed by atoms with Crippen LogP contribution in [0.2, 0.25) is 5.02 Å². The van der Waals surface area contributed by atoms with Crippen molar-refractivity contribution in [2.45, 2.75) is 13.3 Å². The largest absolute Gasteiger partial charge is 0.344 e. The van der Waals surface area contributed by atoms with Crippen LogP contribution in [0.25, 0.3) is 11.0 Å². The summed E-state index contributed by atoms with van der Waals surface area (Å²) in [6, 6.07) is 7.42. The van der Waals surface area contributed by atoms with Crippen molar-refractivity contribution in [1.29, 1.82) is 0 Å². The van der Waals surface area contributed by atoms with Crippen molar-refractivity contribution < 1.29 is 4.79 Å². The molecule has 0 aliphatic carbocycles. The number of rotatable bonds is 4. The number of aromatic amines is 1. The minimum atomic E-state index is -0.0539. The lowest BCUT2D eigenvalue weighted by molar-refractivity contribution is -0.115. The lowest BCUT2D eigenvalue weighted by atomic mass is 10.2. The van der Waals surface area contributed by atoms with Gasteiger partial charge in [-0.15, -0.1) is 0 Å². The molecular weight excluding hydrogens is 302 g/mol. The van der Waals surface area contributed by atoms with E-state index in [1.165, 1.54) is 6.33 Å². The molecule has 0 bridgehead atoms. The summed E-state index contributed by atoms with van der Waals surface area (Å²) in [7, 11) is 0. The SMILES string of the molecule is CCC(=O)Nc1ccccc1Nc1ncnc2[nH]cc(Cl)c12. The van der Waals surface area contributed by atoms with E-state index in [-0.39, 0.29) is 5.91 Å². The van der Waals surface area contributed by atoms with Crippen LogP contribution < -0.4 is 10.6 Å². The molecule has 112 valence electrons. The maximum absolute atomic E-state index is 11.6. The van der Waals surface area contributed by atoms with Crippen LogP contribution in [0.3, 0.4) is 0 Å². The van der Waals surface area contributed by atoms with Crippen LogP contribution in [-0.2, 0) is 4.79 Å². The number of benzene rings is 1. The first-order valence-corrected chi connectivity index (χ1v) is 7.20. The van der Waals surface area contributed by atoms with Gasteiger partial charge in [-0.25, -0.2) is 9.97 Å². The fourth-order valence-electron chi connectivity index (χ4n) is 2.09. The predicted molar refractivity (Wildman–Crippen MR) is 87.5 cm³/mol. The number of amides is 1. The number of para-hydroxylation sites is 2. The quantitative estimate of drug-likeness (QED) is 0.685. The summed E-state index contributed by atoms with van der Waals surface area (Å²) in [6.07, 6.45) is 3.53. The smallest absolute Gasteiger partial charge is 0.224 e. The van der Waals surface area contributed by atoms with Gasteiger partial charge in [-0.3, -0.25) is 4.79 Å². The molecule has 7 heteroatoms. The Morgan fingerprint density at radius 3 is 2.82 bits per heavy atom. The molecule has 1 aromatic carbocycles. The molecule has 0 saturated heterocycles. The van der Waals surface area contributed by atoms with Crippen LogP contribution in [0, 0.1) is 0 Å². The number of hydrogen-bond acceptors (Lipinski definition) is 4. The number of carbonyl (C=O) groups excluding carboxylic acids is 1. The number of nitrogens with zero attached hydrogens (tertiary/aromatic N) is 2. The van der Waals surface area contributed by atoms with E-state index in [9.17, 15) is 4.79 Å². The van der Waals surface area contributed by atoms with Gasteiger partial charge in [0.1, 0.15) is 17.8 Å². The van der Waals surface area contributed by atoms with Gasteiger partial charge in [0.05, 0.1) is 21.8 Å². The Morgan fingerprint density at radius 2 is 2.05 bits per heavy atom. The normalized spacial score (nSPS) is 10.6. The molecule has 0 atom stereocenters. The maximum Gasteiger partial charge on any atom is 0.224 e. The highest BCUT2D eigenvalue weighted by atomic mass is 35.5. The monoisotopic (exact) mass is 315 g/mol. The lowest BCUT2D eigenvalue weighted by Gasteiger charge is -2.12. The topological polar surface area (TPSA) is 82.7 Å². The first-order chi connectivity index (χ1) is 10.7. The Morgan fingerprint density at radius 1 is 1.27 bits per heavy atom. The van der Waals surface area contributed by atoms with E-state index in [0.717, 1.165) is 5.69 Å². The maximum atomic E-state index is 11.6. The van der Waals surface area contributed by atoms with Crippen molar-refractivity contribution in [3.63, 3.8) is 0 Å². The summed E-state index contributed by atoms with van der Waals surface area (Å²) in [5, 5.41) is 7.30. The molecule has 22 heavy (non-hydrogen) atoms. The lowest BCUT2D eigenvalue weighted by Crippen LogP contribution is -2.11. The van der Waals surface area contributed by atoms with Gasteiger partial charge in [0.15, 0.2) is 0 Å². The molecule has 1 amide bonds. The van der Waals surface area contributed by atoms with Crippen LogP contribution in [0.15, 0.2) is 36.8 Å². The van der Waals surface area contributed by atoms with Crippen molar-refractivity contribution in [3.8, 4) is 0 Å². The van der Waals surface area contributed by atoms with Crippen LogP contribution in [0.4, 0.5) is 17.2 Å². The number of carbonyl (C=O) groups is 1. The zero-order valence-corrected chi connectivity index (χ0v) is 12.6. The summed E-state index contributed by atoms with van der Waals surface area (Å²) in [5.41, 5.74) is 2.08. The first kappa shape index (κ1) is 14.3. The number of nitrogens with one attached hydrogen (secondary N) is 3. The van der Waals surface area contributed by atoms with Crippen molar-refractivity contribution >= 4 is 45.7 Å². The summed E-state index contributed by atoms with van der Waals surface area (Å²) < 4.78 is 0. The van der Waals surface area contributed by atoms with E-state index in [2.05, 4.69) is 25.6 Å². The zero-order chi connectivity index (χ0) is 15.5. The standard InChI is InChI=1S/C15H14ClN5O/c1-2-12(22)20-10-5-3-4-6-11(10)21-15-13-9(16)7-17-14(13)18-8-19-15/h3-8H,2H2,1H3,(H,20,22)(H2,17,18,19,21). The second-order valence-electron chi connectivity index (χ2n) is 4.65.